The molecule has 8 heteroatoms. The smallest absolute Gasteiger partial charge is 0.357 e. The Bertz CT molecular complexity index is 909. The molecular weight excluding hydrogens is 331 g/mol. The average molecular weight is 345 g/mol. The molecule has 0 saturated carbocycles. The second-order valence-corrected chi connectivity index (χ2v) is 6.15. The van der Waals surface area contributed by atoms with Crippen LogP contribution in [-0.2, 0) is 6.18 Å². The van der Waals surface area contributed by atoms with Crippen molar-refractivity contribution in [2.75, 3.05) is 0 Å². The van der Waals surface area contributed by atoms with E-state index in [2.05, 4.69) is 20.4 Å². The lowest BCUT2D eigenvalue weighted by Crippen LogP contribution is -2.46. The third-order valence-corrected chi connectivity index (χ3v) is 4.25. The molecule has 2 unspecified atom stereocenters. The summed E-state index contributed by atoms with van der Waals surface area (Å²) in [6.07, 6.45) is 3.44. The van der Waals surface area contributed by atoms with Gasteiger partial charge in [0, 0.05) is 0 Å². The number of hydrogen-bond donors (Lipinski definition) is 2. The number of alkyl halides is 3. The maximum atomic E-state index is 12.7. The van der Waals surface area contributed by atoms with Crippen LogP contribution in [0.3, 0.4) is 0 Å². The number of pyridine rings is 1. The zero-order valence-corrected chi connectivity index (χ0v) is 13.2. The van der Waals surface area contributed by atoms with Gasteiger partial charge < -0.3 is 5.32 Å². The van der Waals surface area contributed by atoms with Gasteiger partial charge in [0.1, 0.15) is 22.9 Å². The van der Waals surface area contributed by atoms with Crippen molar-refractivity contribution in [1.82, 2.24) is 20.5 Å². The maximum absolute atomic E-state index is 12.7. The summed E-state index contributed by atoms with van der Waals surface area (Å²) in [6.45, 7) is 2.03. The summed E-state index contributed by atoms with van der Waals surface area (Å²) in [5, 5.41) is 9.05. The number of nitrogens with zero attached hydrogens (tertiary/aromatic N) is 3. The Balaban J connectivity index is 1.66. The Morgan fingerprint density at radius 1 is 1.12 bits per heavy atom. The number of amidine groups is 1. The highest BCUT2D eigenvalue weighted by Crippen LogP contribution is 2.30. The first-order chi connectivity index (χ1) is 11.9. The van der Waals surface area contributed by atoms with Crippen LogP contribution in [0.1, 0.15) is 18.3 Å². The maximum Gasteiger partial charge on any atom is 0.432 e. The number of nitrogens with one attached hydrogen (secondary N) is 2. The monoisotopic (exact) mass is 345 g/mol. The molecule has 0 aromatic carbocycles. The van der Waals surface area contributed by atoms with Crippen molar-refractivity contribution >= 4 is 5.84 Å². The number of halogens is 3. The van der Waals surface area contributed by atoms with E-state index in [1.807, 2.05) is 36.3 Å². The predicted molar refractivity (Wildman–Crippen MR) is 87.0 cm³/mol. The zero-order valence-electron chi connectivity index (χ0n) is 13.2. The van der Waals surface area contributed by atoms with E-state index in [1.165, 1.54) is 0 Å². The average Bonchev–Trinajstić information content (AvgIpc) is 3.19. The molecule has 0 spiro atoms. The van der Waals surface area contributed by atoms with Crippen molar-refractivity contribution in [3.8, 4) is 11.4 Å². The second kappa shape index (κ2) is 5.30. The van der Waals surface area contributed by atoms with Crippen LogP contribution in [0.4, 0.5) is 13.2 Å². The fraction of sp³-hybridized carbons (Fsp3) is 0.235. The van der Waals surface area contributed by atoms with Crippen LogP contribution >= 0.6 is 0 Å². The Morgan fingerprint density at radius 2 is 1.92 bits per heavy atom. The molecule has 0 radical (unpaired) electrons. The normalized spacial score (nSPS) is 24.8. The summed E-state index contributed by atoms with van der Waals surface area (Å²) in [5.41, 5.74) is -0.181. The molecule has 5 nitrogen and oxygen atoms in total. The van der Waals surface area contributed by atoms with Crippen LogP contribution in [0.15, 0.2) is 53.6 Å². The van der Waals surface area contributed by atoms with Gasteiger partial charge in [-0.05, 0) is 25.1 Å². The number of hydrogen-bond acceptors (Lipinski definition) is 4. The minimum absolute atomic E-state index is 0.0415. The molecule has 2 atom stereocenters. The van der Waals surface area contributed by atoms with Crippen LogP contribution in [-0.4, -0.2) is 32.6 Å². The number of aromatic nitrogens is 3. The summed E-state index contributed by atoms with van der Waals surface area (Å²) in [7, 11) is 0. The molecule has 3 heterocycles. The second-order valence-electron chi connectivity index (χ2n) is 6.15. The lowest BCUT2D eigenvalue weighted by molar-refractivity contribution is -0.141. The molecular formula is C17H14F3N5. The molecule has 1 aliphatic carbocycles. The lowest BCUT2D eigenvalue weighted by atomic mass is 9.90. The first kappa shape index (κ1) is 15.6. The molecule has 0 bridgehead atoms. The molecule has 0 fully saturated rings. The topological polar surface area (TPSA) is 66.0 Å². The van der Waals surface area contributed by atoms with Crippen molar-refractivity contribution < 1.29 is 13.2 Å². The summed E-state index contributed by atoms with van der Waals surface area (Å²) >= 11 is 0. The van der Waals surface area contributed by atoms with Gasteiger partial charge in [-0.25, -0.2) is 4.98 Å². The van der Waals surface area contributed by atoms with Crippen LogP contribution in [0.2, 0.25) is 0 Å². The molecule has 4 rings (SSSR count). The van der Waals surface area contributed by atoms with E-state index in [-0.39, 0.29) is 17.3 Å². The van der Waals surface area contributed by atoms with Gasteiger partial charge in [0.25, 0.3) is 0 Å². The largest absolute Gasteiger partial charge is 0.432 e. The first-order valence-electron chi connectivity index (χ1n) is 7.68. The van der Waals surface area contributed by atoms with Crippen LogP contribution in [0.25, 0.3) is 11.4 Å². The van der Waals surface area contributed by atoms with Gasteiger partial charge in [0.2, 0.25) is 0 Å². The van der Waals surface area contributed by atoms with Crippen molar-refractivity contribution in [3.63, 3.8) is 0 Å². The third-order valence-electron chi connectivity index (χ3n) is 4.25. The Kier molecular flexibility index (Phi) is 3.31. The van der Waals surface area contributed by atoms with Crippen molar-refractivity contribution in [2.45, 2.75) is 24.7 Å². The summed E-state index contributed by atoms with van der Waals surface area (Å²) in [6, 6.07) is 6.01. The summed E-state index contributed by atoms with van der Waals surface area (Å²) in [4.78, 5) is 9.05. The highest BCUT2D eigenvalue weighted by Gasteiger charge is 2.38. The van der Waals surface area contributed by atoms with Crippen molar-refractivity contribution in [3.05, 3.63) is 60.0 Å². The van der Waals surface area contributed by atoms with E-state index >= 15 is 0 Å². The standard InChI is InChI=1S/C17H14F3N5/c1-16-8-3-2-7-13(16)22-15(23-16)11-6-4-5-10(21-11)12-9-14(25-24-12)17(18,19)20/h2-9,13H,1H3,(H,22,23)(H,24,25). The van der Waals surface area contributed by atoms with Gasteiger partial charge in [0.15, 0.2) is 0 Å². The summed E-state index contributed by atoms with van der Waals surface area (Å²) in [5.74, 6) is 0.608. The van der Waals surface area contributed by atoms with E-state index in [0.717, 1.165) is 6.07 Å². The minimum Gasteiger partial charge on any atom is -0.357 e. The number of aromatic amines is 1. The van der Waals surface area contributed by atoms with Crippen LogP contribution in [0.5, 0.6) is 0 Å². The molecule has 2 N–H and O–H groups in total. The Labute approximate surface area is 141 Å². The fourth-order valence-electron chi connectivity index (χ4n) is 2.88. The SMILES string of the molecule is CC12C=CC=CC1N=C(c1cccc(-c3cc(C(F)(F)F)[nH]n3)n1)N2. The van der Waals surface area contributed by atoms with Gasteiger partial charge in [-0.3, -0.25) is 10.1 Å². The molecule has 2 aliphatic rings. The number of H-pyrrole nitrogens is 1. The van der Waals surface area contributed by atoms with Gasteiger partial charge in [-0.2, -0.15) is 18.3 Å². The zero-order chi connectivity index (χ0) is 17.7. The highest BCUT2D eigenvalue weighted by molar-refractivity contribution is 6.00. The van der Waals surface area contributed by atoms with Gasteiger partial charge in [0.05, 0.1) is 17.3 Å². The van der Waals surface area contributed by atoms with E-state index in [9.17, 15) is 13.2 Å². The molecule has 1 aliphatic heterocycles. The van der Waals surface area contributed by atoms with Gasteiger partial charge in [-0.1, -0.05) is 30.4 Å². The molecule has 2 aromatic heterocycles. The van der Waals surface area contributed by atoms with E-state index < -0.39 is 11.9 Å². The predicted octanol–water partition coefficient (Wildman–Crippen LogP) is 3.09. The Morgan fingerprint density at radius 3 is 2.64 bits per heavy atom. The molecule has 2 aromatic rings. The summed E-state index contributed by atoms with van der Waals surface area (Å²) < 4.78 is 38.2. The first-order valence-corrected chi connectivity index (χ1v) is 7.68. The number of fused-ring (bicyclic) bond motifs is 1. The Hall–Kier alpha value is -2.90. The van der Waals surface area contributed by atoms with E-state index in [1.54, 1.807) is 18.2 Å². The number of aliphatic imine (C=N–C) groups is 1. The van der Waals surface area contributed by atoms with E-state index in [0.29, 0.717) is 17.2 Å². The van der Waals surface area contributed by atoms with Crippen molar-refractivity contribution in [2.24, 2.45) is 4.99 Å². The molecule has 0 saturated heterocycles. The van der Waals surface area contributed by atoms with Crippen LogP contribution < -0.4 is 5.32 Å². The number of allylic oxidation sites excluding steroid dienone is 2. The highest BCUT2D eigenvalue weighted by atomic mass is 19.4. The van der Waals surface area contributed by atoms with Gasteiger partial charge in [-0.15, -0.1) is 0 Å². The molecule has 0 amide bonds. The van der Waals surface area contributed by atoms with Crippen LogP contribution in [0, 0.1) is 0 Å². The number of rotatable bonds is 2. The minimum atomic E-state index is -4.47. The quantitative estimate of drug-likeness (QED) is 0.879. The van der Waals surface area contributed by atoms with Crippen molar-refractivity contribution in [1.29, 1.82) is 0 Å². The van der Waals surface area contributed by atoms with E-state index in [4.69, 9.17) is 0 Å². The van der Waals surface area contributed by atoms with Gasteiger partial charge >= 0.3 is 6.18 Å². The third kappa shape index (κ3) is 2.73. The molecule has 25 heavy (non-hydrogen) atoms. The fourth-order valence-corrected chi connectivity index (χ4v) is 2.88. The lowest BCUT2D eigenvalue weighted by Gasteiger charge is -2.27. The molecule has 128 valence electrons.